The fourth-order valence-corrected chi connectivity index (χ4v) is 2.49. The molecule has 0 aliphatic carbocycles. The zero-order valence-electron chi connectivity index (χ0n) is 10.2. The van der Waals surface area contributed by atoms with Crippen molar-refractivity contribution >= 4 is 5.78 Å². The van der Waals surface area contributed by atoms with Gasteiger partial charge in [0.25, 0.3) is 0 Å². The third-order valence-corrected chi connectivity index (χ3v) is 3.27. The number of carbonyl (C=O) groups excluding carboxylic acids is 1. The molecule has 0 aromatic carbocycles. The van der Waals surface area contributed by atoms with E-state index in [1.54, 1.807) is 0 Å². The van der Waals surface area contributed by atoms with Crippen molar-refractivity contribution in [3.63, 3.8) is 0 Å². The van der Waals surface area contributed by atoms with Gasteiger partial charge >= 0.3 is 0 Å². The lowest BCUT2D eigenvalue weighted by Crippen LogP contribution is -2.31. The minimum atomic E-state index is 0.477. The third kappa shape index (κ3) is 5.31. The van der Waals surface area contributed by atoms with Gasteiger partial charge in [-0.25, -0.2) is 0 Å². The van der Waals surface area contributed by atoms with Crippen molar-refractivity contribution < 1.29 is 4.79 Å². The Morgan fingerprint density at radius 1 is 1.53 bits per heavy atom. The molecule has 0 amide bonds. The molecule has 1 saturated heterocycles. The van der Waals surface area contributed by atoms with Crippen LogP contribution in [0.25, 0.3) is 0 Å². The van der Waals surface area contributed by atoms with Gasteiger partial charge < -0.3 is 5.32 Å². The van der Waals surface area contributed by atoms with Gasteiger partial charge in [0.1, 0.15) is 5.78 Å². The Morgan fingerprint density at radius 2 is 2.33 bits per heavy atom. The molecule has 0 saturated carbocycles. The minimum absolute atomic E-state index is 0.477. The number of piperidine rings is 1. The zero-order valence-corrected chi connectivity index (χ0v) is 10.2. The van der Waals surface area contributed by atoms with E-state index in [0.29, 0.717) is 17.6 Å². The molecule has 2 atom stereocenters. The van der Waals surface area contributed by atoms with Crippen molar-refractivity contribution in [2.24, 2.45) is 11.8 Å². The van der Waals surface area contributed by atoms with Crippen LogP contribution in [0.2, 0.25) is 0 Å². The summed E-state index contributed by atoms with van der Waals surface area (Å²) in [6.45, 7) is 6.57. The first-order chi connectivity index (χ1) is 7.22. The van der Waals surface area contributed by atoms with Crippen molar-refractivity contribution in [1.82, 2.24) is 5.32 Å². The normalized spacial score (nSPS) is 23.7. The van der Waals surface area contributed by atoms with Crippen LogP contribution in [-0.4, -0.2) is 18.9 Å². The fourth-order valence-electron chi connectivity index (χ4n) is 2.49. The SMILES string of the molecule is CCCC(C)CC(=O)CC1CCCNC1. The smallest absolute Gasteiger partial charge is 0.133 e. The summed E-state index contributed by atoms with van der Waals surface area (Å²) in [5.74, 6) is 1.67. The van der Waals surface area contributed by atoms with Gasteiger partial charge in [-0.3, -0.25) is 4.79 Å². The van der Waals surface area contributed by atoms with Crippen LogP contribution in [0.5, 0.6) is 0 Å². The molecule has 2 nitrogen and oxygen atoms in total. The Hall–Kier alpha value is -0.370. The Balaban J connectivity index is 2.16. The molecule has 1 N–H and O–H groups in total. The molecule has 2 heteroatoms. The van der Waals surface area contributed by atoms with Crippen LogP contribution in [0.15, 0.2) is 0 Å². The summed E-state index contributed by atoms with van der Waals surface area (Å²) in [6, 6.07) is 0. The van der Waals surface area contributed by atoms with Crippen LogP contribution in [0.1, 0.15) is 52.4 Å². The summed E-state index contributed by atoms with van der Waals surface area (Å²) in [5, 5.41) is 3.37. The number of ketones is 1. The number of hydrogen-bond acceptors (Lipinski definition) is 2. The lowest BCUT2D eigenvalue weighted by Gasteiger charge is -2.22. The van der Waals surface area contributed by atoms with Crippen molar-refractivity contribution in [2.45, 2.75) is 52.4 Å². The number of Topliss-reactive ketones (excluding diaryl/α,β-unsaturated/α-hetero) is 1. The van der Waals surface area contributed by atoms with Crippen molar-refractivity contribution in [3.8, 4) is 0 Å². The highest BCUT2D eigenvalue weighted by atomic mass is 16.1. The van der Waals surface area contributed by atoms with E-state index in [-0.39, 0.29) is 0 Å². The van der Waals surface area contributed by atoms with Crippen molar-refractivity contribution in [3.05, 3.63) is 0 Å². The Bertz CT molecular complexity index is 185. The molecule has 88 valence electrons. The number of rotatable bonds is 6. The molecule has 15 heavy (non-hydrogen) atoms. The Labute approximate surface area is 93.8 Å². The van der Waals surface area contributed by atoms with E-state index < -0.39 is 0 Å². The highest BCUT2D eigenvalue weighted by Crippen LogP contribution is 2.18. The van der Waals surface area contributed by atoms with E-state index in [0.717, 1.165) is 25.9 Å². The fraction of sp³-hybridized carbons (Fsp3) is 0.923. The van der Waals surface area contributed by atoms with E-state index >= 15 is 0 Å². The summed E-state index contributed by atoms with van der Waals surface area (Å²) in [5.41, 5.74) is 0. The lowest BCUT2D eigenvalue weighted by molar-refractivity contribution is -0.120. The Morgan fingerprint density at radius 3 is 2.93 bits per heavy atom. The topological polar surface area (TPSA) is 29.1 Å². The highest BCUT2D eigenvalue weighted by molar-refractivity contribution is 5.78. The summed E-state index contributed by atoms with van der Waals surface area (Å²) in [6.07, 6.45) is 6.46. The Kier molecular flexibility index (Phi) is 5.92. The van der Waals surface area contributed by atoms with Gasteiger partial charge in [0, 0.05) is 12.8 Å². The first-order valence-electron chi connectivity index (χ1n) is 6.44. The third-order valence-electron chi connectivity index (χ3n) is 3.27. The molecule has 0 radical (unpaired) electrons. The molecule has 1 rings (SSSR count). The summed E-state index contributed by atoms with van der Waals surface area (Å²) >= 11 is 0. The van der Waals surface area contributed by atoms with Crippen LogP contribution >= 0.6 is 0 Å². The minimum Gasteiger partial charge on any atom is -0.316 e. The van der Waals surface area contributed by atoms with E-state index in [4.69, 9.17) is 0 Å². The van der Waals surface area contributed by atoms with Gasteiger partial charge in [-0.15, -0.1) is 0 Å². The summed E-state index contributed by atoms with van der Waals surface area (Å²) in [7, 11) is 0. The van der Waals surface area contributed by atoms with Crippen molar-refractivity contribution in [1.29, 1.82) is 0 Å². The van der Waals surface area contributed by atoms with E-state index in [2.05, 4.69) is 19.2 Å². The molecule has 0 spiro atoms. The zero-order chi connectivity index (χ0) is 11.1. The predicted molar refractivity (Wildman–Crippen MR) is 63.9 cm³/mol. The molecular weight excluding hydrogens is 186 g/mol. The van der Waals surface area contributed by atoms with Gasteiger partial charge in [-0.2, -0.15) is 0 Å². The predicted octanol–water partition coefficient (Wildman–Crippen LogP) is 2.77. The van der Waals surface area contributed by atoms with E-state index in [9.17, 15) is 4.79 Å². The lowest BCUT2D eigenvalue weighted by atomic mass is 9.90. The maximum atomic E-state index is 11.8. The van der Waals surface area contributed by atoms with Crippen LogP contribution in [-0.2, 0) is 4.79 Å². The molecule has 2 unspecified atom stereocenters. The van der Waals surface area contributed by atoms with Gasteiger partial charge in [-0.1, -0.05) is 26.7 Å². The van der Waals surface area contributed by atoms with E-state index in [1.807, 2.05) is 0 Å². The molecule has 0 aromatic heterocycles. The van der Waals surface area contributed by atoms with Gasteiger partial charge in [0.2, 0.25) is 0 Å². The second kappa shape index (κ2) is 7.00. The summed E-state index contributed by atoms with van der Waals surface area (Å²) in [4.78, 5) is 11.8. The second-order valence-electron chi connectivity index (χ2n) is 5.05. The van der Waals surface area contributed by atoms with Crippen LogP contribution in [0, 0.1) is 11.8 Å². The van der Waals surface area contributed by atoms with Crippen LogP contribution < -0.4 is 5.32 Å². The van der Waals surface area contributed by atoms with Crippen LogP contribution in [0.4, 0.5) is 0 Å². The van der Waals surface area contributed by atoms with Crippen molar-refractivity contribution in [2.75, 3.05) is 13.1 Å². The quantitative estimate of drug-likeness (QED) is 0.732. The highest BCUT2D eigenvalue weighted by Gasteiger charge is 2.17. The average Bonchev–Trinajstić information content (AvgIpc) is 2.19. The molecule has 1 fully saturated rings. The molecular formula is C13H25NO. The average molecular weight is 211 g/mol. The van der Waals surface area contributed by atoms with E-state index in [1.165, 1.54) is 25.7 Å². The number of hydrogen-bond donors (Lipinski definition) is 1. The monoisotopic (exact) mass is 211 g/mol. The largest absolute Gasteiger partial charge is 0.316 e. The first kappa shape index (κ1) is 12.7. The first-order valence-corrected chi connectivity index (χ1v) is 6.44. The maximum absolute atomic E-state index is 11.8. The molecule has 1 aliphatic heterocycles. The van der Waals surface area contributed by atoms with Crippen LogP contribution in [0.3, 0.4) is 0 Å². The van der Waals surface area contributed by atoms with Gasteiger partial charge in [0.05, 0.1) is 0 Å². The summed E-state index contributed by atoms with van der Waals surface area (Å²) < 4.78 is 0. The van der Waals surface area contributed by atoms with Gasteiger partial charge in [0.15, 0.2) is 0 Å². The molecule has 0 bridgehead atoms. The van der Waals surface area contributed by atoms with Gasteiger partial charge in [-0.05, 0) is 37.8 Å². The molecule has 1 aliphatic rings. The molecule has 1 heterocycles. The molecule has 0 aromatic rings. The number of carbonyl (C=O) groups is 1. The second-order valence-corrected chi connectivity index (χ2v) is 5.05. The standard InChI is InChI=1S/C13H25NO/c1-3-5-11(2)8-13(15)9-12-6-4-7-14-10-12/h11-12,14H,3-10H2,1-2H3. The number of nitrogens with one attached hydrogen (secondary N) is 1. The maximum Gasteiger partial charge on any atom is 0.133 e.